The highest BCUT2D eigenvalue weighted by Gasteiger charge is 1.88. The quantitative estimate of drug-likeness (QED) is 0.368. The van der Waals surface area contributed by atoms with Crippen LogP contribution in [-0.2, 0) is 30.0 Å². The van der Waals surface area contributed by atoms with E-state index in [1.165, 1.54) is 0 Å². The fraction of sp³-hybridized carbons (Fsp3) is 0.800. The van der Waals surface area contributed by atoms with Crippen LogP contribution in [0.3, 0.4) is 0 Å². The van der Waals surface area contributed by atoms with Crippen molar-refractivity contribution in [1.82, 2.24) is 0 Å². The van der Waals surface area contributed by atoms with Crippen LogP contribution in [0.1, 0.15) is 0 Å². The number of hydrogen-bond donors (Lipinski definition) is 0. The summed E-state index contributed by atoms with van der Waals surface area (Å²) in [5, 5.41) is 9.31. The van der Waals surface area contributed by atoms with Gasteiger partial charge in [-0.25, -0.2) is 0 Å². The van der Waals surface area contributed by atoms with Crippen molar-refractivity contribution in [2.45, 2.75) is 0 Å². The minimum Gasteiger partial charge on any atom is -0.825 e. The maximum atomic E-state index is 9.31. The standard InChI is InChI=1S/C4H12N.CH2OS3/c1-5(2,3)4;2-1-5(3)4/h1-4H3;1-2H/q+1;/p-1. The van der Waals surface area contributed by atoms with Crippen LogP contribution < -0.4 is 5.11 Å². The van der Waals surface area contributed by atoms with Gasteiger partial charge in [0.05, 0.1) is 28.2 Å². The van der Waals surface area contributed by atoms with Gasteiger partial charge in [-0.3, -0.25) is 0 Å². The van der Waals surface area contributed by atoms with Crippen molar-refractivity contribution in [3.05, 3.63) is 0 Å². The first kappa shape index (κ1) is 13.1. The van der Waals surface area contributed by atoms with Gasteiger partial charge in [0, 0.05) is 0 Å². The molecule has 2 nitrogen and oxygen atoms in total. The van der Waals surface area contributed by atoms with Crippen molar-refractivity contribution in [3.8, 4) is 0 Å². The van der Waals surface area contributed by atoms with Crippen LogP contribution in [0.25, 0.3) is 0 Å². The van der Waals surface area contributed by atoms with Crippen LogP contribution in [0.2, 0.25) is 0 Å². The molecule has 0 bridgehead atoms. The third-order valence-electron chi connectivity index (χ3n) is 0.0786. The molecule has 0 aromatic heterocycles. The summed E-state index contributed by atoms with van der Waals surface area (Å²) in [7, 11) is 7.66. The molecule has 0 aliphatic heterocycles. The van der Waals surface area contributed by atoms with Gasteiger partial charge in [0.15, 0.2) is 0 Å². The summed E-state index contributed by atoms with van der Waals surface area (Å²) >= 11 is 8.51. The third kappa shape index (κ3) is 78.1. The third-order valence-corrected chi connectivity index (χ3v) is 0.707. The maximum absolute atomic E-state index is 9.31. The zero-order valence-electron chi connectivity index (χ0n) is 6.66. The Labute approximate surface area is 73.5 Å². The van der Waals surface area contributed by atoms with Crippen molar-refractivity contribution < 1.29 is 9.59 Å². The molecule has 0 saturated heterocycles. The Morgan fingerprint density at radius 3 is 1.30 bits per heavy atom. The summed E-state index contributed by atoms with van der Waals surface area (Å²) in [5.41, 5.74) is 0.574. The Hall–Kier alpha value is 0.450. The first-order chi connectivity index (χ1) is 4.27. The predicted molar refractivity (Wildman–Crippen MR) is 52.1 cm³/mol. The molecule has 0 amide bonds. The molecule has 0 atom stereocenters. The highest BCUT2D eigenvalue weighted by molar-refractivity contribution is 8.44. The minimum absolute atomic E-state index is 0.574. The number of quaternary nitrogens is 1. The van der Waals surface area contributed by atoms with Crippen LogP contribution in [0, 0.1) is 0 Å². The normalized spacial score (nSPS) is 9.30. The lowest BCUT2D eigenvalue weighted by molar-refractivity contribution is -0.849. The molecule has 0 spiro atoms. The average molecular weight is 199 g/mol. The second-order valence-electron chi connectivity index (χ2n) is 3.04. The Kier molecular flexibility index (Phi) is 8.08. The number of nitrogens with zero attached hydrogens (tertiary/aromatic N) is 1. The van der Waals surface area contributed by atoms with E-state index in [4.69, 9.17) is 0 Å². The van der Waals surface area contributed by atoms with E-state index in [9.17, 15) is 5.11 Å². The van der Waals surface area contributed by atoms with Crippen molar-refractivity contribution >= 4 is 35.5 Å². The molecule has 0 heterocycles. The zero-order chi connectivity index (χ0) is 8.78. The Morgan fingerprint density at radius 2 is 1.30 bits per heavy atom. The monoisotopic (exact) mass is 199 g/mol. The molecule has 0 saturated carbocycles. The lowest BCUT2D eigenvalue weighted by Crippen LogP contribution is -2.27. The Morgan fingerprint density at radius 1 is 1.20 bits per heavy atom. The summed E-state index contributed by atoms with van der Waals surface area (Å²) in [6.07, 6.45) is 0. The van der Waals surface area contributed by atoms with E-state index in [0.29, 0.717) is 5.55 Å². The highest BCUT2D eigenvalue weighted by atomic mass is 33.1. The summed E-state index contributed by atoms with van der Waals surface area (Å²) < 4.78 is 1.00. The Bertz CT molecular complexity index is 173. The maximum Gasteiger partial charge on any atom is 0.0675 e. The van der Waals surface area contributed by atoms with Crippen molar-refractivity contribution in [3.63, 3.8) is 0 Å². The van der Waals surface area contributed by atoms with Crippen molar-refractivity contribution in [1.29, 1.82) is 0 Å². The van der Waals surface area contributed by atoms with E-state index >= 15 is 0 Å². The molecule has 0 rings (SSSR count). The van der Waals surface area contributed by atoms with Gasteiger partial charge in [-0.15, -0.1) is 5.55 Å². The second kappa shape index (κ2) is 6.18. The molecule has 0 unspecified atom stereocenters. The average Bonchev–Trinajstić information content (AvgIpc) is 1.61. The van der Waals surface area contributed by atoms with Gasteiger partial charge in [0.2, 0.25) is 0 Å². The van der Waals surface area contributed by atoms with Gasteiger partial charge >= 0.3 is 0 Å². The molecule has 0 fully saturated rings. The van der Waals surface area contributed by atoms with E-state index in [2.05, 4.69) is 50.6 Å². The SMILES string of the molecule is C[N+](C)(C)C.[O-]C=S(=S)=S. The first-order valence-electron chi connectivity index (χ1n) is 2.59. The van der Waals surface area contributed by atoms with Crippen LogP contribution in [0.15, 0.2) is 0 Å². The van der Waals surface area contributed by atoms with E-state index in [-0.39, 0.29) is 0 Å². The first-order valence-corrected chi connectivity index (χ1v) is 5.73. The summed E-state index contributed by atoms with van der Waals surface area (Å²) in [4.78, 5) is 0. The smallest absolute Gasteiger partial charge is 0.0675 e. The van der Waals surface area contributed by atoms with E-state index in [0.717, 1.165) is 4.48 Å². The lowest BCUT2D eigenvalue weighted by atomic mass is 10.8. The molecule has 0 aliphatic rings. The number of hydrogen-bond acceptors (Lipinski definition) is 3. The molecule has 0 aromatic rings. The van der Waals surface area contributed by atoms with Gasteiger partial charge in [0.1, 0.15) is 0 Å². The lowest BCUT2D eigenvalue weighted by Gasteiger charge is -2.14. The van der Waals surface area contributed by atoms with Crippen LogP contribution in [0.4, 0.5) is 0 Å². The van der Waals surface area contributed by atoms with Crippen LogP contribution >= 0.6 is 0 Å². The van der Waals surface area contributed by atoms with E-state index < -0.39 is 7.60 Å². The van der Waals surface area contributed by atoms with Gasteiger partial charge in [-0.1, -0.05) is 7.60 Å². The predicted octanol–water partition coefficient (Wildman–Crippen LogP) is -1.03. The van der Waals surface area contributed by atoms with Crippen LogP contribution in [0.5, 0.6) is 0 Å². The van der Waals surface area contributed by atoms with Crippen molar-refractivity contribution in [2.24, 2.45) is 0 Å². The number of rotatable bonds is 0. The van der Waals surface area contributed by atoms with Gasteiger partial charge in [0.25, 0.3) is 0 Å². The van der Waals surface area contributed by atoms with Gasteiger partial charge in [-0.2, -0.15) is 0 Å². The molecular weight excluding hydrogens is 186 g/mol. The summed E-state index contributed by atoms with van der Waals surface area (Å²) in [6, 6.07) is 0. The molecule has 0 aromatic carbocycles. The van der Waals surface area contributed by atoms with E-state index in [1.807, 2.05) is 0 Å². The topological polar surface area (TPSA) is 23.1 Å². The summed E-state index contributed by atoms with van der Waals surface area (Å²) in [6.45, 7) is 0. The summed E-state index contributed by atoms with van der Waals surface area (Å²) in [5.74, 6) is 0. The van der Waals surface area contributed by atoms with Crippen molar-refractivity contribution in [2.75, 3.05) is 28.2 Å². The molecule has 62 valence electrons. The molecule has 0 aliphatic carbocycles. The zero-order valence-corrected chi connectivity index (χ0v) is 9.11. The van der Waals surface area contributed by atoms with Crippen LogP contribution in [-0.4, -0.2) is 38.2 Å². The molecule has 5 heteroatoms. The largest absolute Gasteiger partial charge is 0.825 e. The fourth-order valence-electron chi connectivity index (χ4n) is 0. The van der Waals surface area contributed by atoms with Gasteiger partial charge in [-0.05, 0) is 22.4 Å². The fourth-order valence-corrected chi connectivity index (χ4v) is 0. The second-order valence-corrected chi connectivity index (χ2v) is 6.54. The molecule has 0 N–H and O–H groups in total. The Balaban J connectivity index is 0. The van der Waals surface area contributed by atoms with Gasteiger partial charge < -0.3 is 9.59 Å². The highest BCUT2D eigenvalue weighted by Crippen LogP contribution is 1.73. The molecule has 10 heavy (non-hydrogen) atoms. The molecule has 0 radical (unpaired) electrons. The van der Waals surface area contributed by atoms with E-state index in [1.54, 1.807) is 0 Å². The minimum atomic E-state index is -0.836. The molecular formula is C5H13NOS3.